The van der Waals surface area contributed by atoms with Crippen LogP contribution in [0.25, 0.3) is 22.9 Å². The molecule has 1 heteroatoms. The van der Waals surface area contributed by atoms with E-state index in [-0.39, 0.29) is 0 Å². The molecule has 0 atom stereocenters. The zero-order chi connectivity index (χ0) is 13.1. The molecule has 0 saturated heterocycles. The van der Waals surface area contributed by atoms with Crippen molar-refractivity contribution in [2.24, 2.45) is 0 Å². The van der Waals surface area contributed by atoms with Gasteiger partial charge in [-0.15, -0.1) is 0 Å². The molecule has 0 heterocycles. The summed E-state index contributed by atoms with van der Waals surface area (Å²) >= 11 is 3.64. The van der Waals surface area contributed by atoms with E-state index >= 15 is 0 Å². The first-order valence-corrected chi connectivity index (χ1v) is 7.04. The second kappa shape index (κ2) is 5.41. The van der Waals surface area contributed by atoms with Crippen molar-refractivity contribution in [1.82, 2.24) is 0 Å². The van der Waals surface area contributed by atoms with Gasteiger partial charge in [0.2, 0.25) is 0 Å². The standard InChI is InChI=1S/C18H13Br/c19-18-13-11-15-8-4-5-9-16(15)17(18)12-10-14-6-2-1-3-7-14/h1-13H/b12-10+. The quantitative estimate of drug-likeness (QED) is 0.527. The molecule has 3 aromatic rings. The SMILES string of the molecule is Brc1ccc2ccccc2c1/C=C/c1ccccc1. The highest BCUT2D eigenvalue weighted by molar-refractivity contribution is 9.10. The van der Waals surface area contributed by atoms with E-state index in [1.165, 1.54) is 21.9 Å². The zero-order valence-electron chi connectivity index (χ0n) is 10.4. The number of hydrogen-bond donors (Lipinski definition) is 0. The van der Waals surface area contributed by atoms with Crippen molar-refractivity contribution in [3.63, 3.8) is 0 Å². The van der Waals surface area contributed by atoms with Crippen LogP contribution in [0.1, 0.15) is 11.1 Å². The second-order valence-corrected chi connectivity index (χ2v) is 5.28. The van der Waals surface area contributed by atoms with E-state index in [9.17, 15) is 0 Å². The van der Waals surface area contributed by atoms with Crippen molar-refractivity contribution in [3.8, 4) is 0 Å². The summed E-state index contributed by atoms with van der Waals surface area (Å²) < 4.78 is 1.12. The minimum Gasteiger partial charge on any atom is -0.0622 e. The Morgan fingerprint density at radius 2 is 1.42 bits per heavy atom. The Labute approximate surface area is 121 Å². The fourth-order valence-electron chi connectivity index (χ4n) is 2.18. The molecule has 19 heavy (non-hydrogen) atoms. The van der Waals surface area contributed by atoms with E-state index in [1.807, 2.05) is 6.07 Å². The Balaban J connectivity index is 2.10. The zero-order valence-corrected chi connectivity index (χ0v) is 12.0. The molecule has 0 aliphatic heterocycles. The number of halogens is 1. The van der Waals surface area contributed by atoms with Crippen LogP contribution >= 0.6 is 15.9 Å². The van der Waals surface area contributed by atoms with Gasteiger partial charge in [-0.05, 0) is 28.0 Å². The van der Waals surface area contributed by atoms with Gasteiger partial charge in [0.15, 0.2) is 0 Å². The van der Waals surface area contributed by atoms with Crippen molar-refractivity contribution >= 4 is 38.9 Å². The van der Waals surface area contributed by atoms with Crippen molar-refractivity contribution < 1.29 is 0 Å². The van der Waals surface area contributed by atoms with Crippen LogP contribution in [0.15, 0.2) is 71.2 Å². The van der Waals surface area contributed by atoms with Crippen LogP contribution in [0.4, 0.5) is 0 Å². The summed E-state index contributed by atoms with van der Waals surface area (Å²) in [6.45, 7) is 0. The molecule has 3 aromatic carbocycles. The monoisotopic (exact) mass is 308 g/mol. The van der Waals surface area contributed by atoms with Gasteiger partial charge in [-0.1, -0.05) is 88.7 Å². The van der Waals surface area contributed by atoms with Gasteiger partial charge in [0.1, 0.15) is 0 Å². The molecule has 0 fully saturated rings. The molecule has 0 aromatic heterocycles. The second-order valence-electron chi connectivity index (χ2n) is 4.43. The summed E-state index contributed by atoms with van der Waals surface area (Å²) in [6.07, 6.45) is 4.31. The summed E-state index contributed by atoms with van der Waals surface area (Å²) in [5.74, 6) is 0. The van der Waals surface area contributed by atoms with Crippen molar-refractivity contribution in [3.05, 3.63) is 82.3 Å². The van der Waals surface area contributed by atoms with Gasteiger partial charge in [-0.3, -0.25) is 0 Å². The van der Waals surface area contributed by atoms with Crippen LogP contribution in [0.5, 0.6) is 0 Å². The Morgan fingerprint density at radius 1 is 0.684 bits per heavy atom. The van der Waals surface area contributed by atoms with Gasteiger partial charge in [-0.25, -0.2) is 0 Å². The average molecular weight is 309 g/mol. The highest BCUT2D eigenvalue weighted by Gasteiger charge is 2.02. The molecule has 0 radical (unpaired) electrons. The van der Waals surface area contributed by atoms with Gasteiger partial charge >= 0.3 is 0 Å². The molecule has 0 N–H and O–H groups in total. The van der Waals surface area contributed by atoms with Crippen LogP contribution < -0.4 is 0 Å². The smallest absolute Gasteiger partial charge is 0.0254 e. The van der Waals surface area contributed by atoms with Crippen LogP contribution in [-0.2, 0) is 0 Å². The normalized spacial score (nSPS) is 11.2. The van der Waals surface area contributed by atoms with Gasteiger partial charge in [-0.2, -0.15) is 0 Å². The third-order valence-corrected chi connectivity index (χ3v) is 3.85. The van der Waals surface area contributed by atoms with Crippen LogP contribution in [0, 0.1) is 0 Å². The van der Waals surface area contributed by atoms with Crippen LogP contribution in [-0.4, -0.2) is 0 Å². The highest BCUT2D eigenvalue weighted by atomic mass is 79.9. The molecule has 0 aliphatic rings. The molecule has 0 bridgehead atoms. The van der Waals surface area contributed by atoms with E-state index < -0.39 is 0 Å². The Morgan fingerprint density at radius 3 is 2.26 bits per heavy atom. The van der Waals surface area contributed by atoms with Gasteiger partial charge < -0.3 is 0 Å². The molecule has 0 unspecified atom stereocenters. The number of rotatable bonds is 2. The van der Waals surface area contributed by atoms with E-state index in [2.05, 4.69) is 88.7 Å². The minimum atomic E-state index is 1.12. The fourth-order valence-corrected chi connectivity index (χ4v) is 2.66. The fraction of sp³-hybridized carbons (Fsp3) is 0. The highest BCUT2D eigenvalue weighted by Crippen LogP contribution is 2.28. The molecule has 0 spiro atoms. The minimum absolute atomic E-state index is 1.12. The van der Waals surface area contributed by atoms with E-state index in [0.717, 1.165) is 4.47 Å². The maximum atomic E-state index is 3.64. The predicted molar refractivity (Wildman–Crippen MR) is 87.0 cm³/mol. The first kappa shape index (κ1) is 12.2. The third kappa shape index (κ3) is 2.61. The Hall–Kier alpha value is -1.86. The largest absolute Gasteiger partial charge is 0.0622 e. The maximum Gasteiger partial charge on any atom is 0.0254 e. The maximum absolute atomic E-state index is 3.64. The summed E-state index contributed by atoms with van der Waals surface area (Å²) in [7, 11) is 0. The van der Waals surface area contributed by atoms with Crippen molar-refractivity contribution in [2.45, 2.75) is 0 Å². The lowest BCUT2D eigenvalue weighted by atomic mass is 10.0. The molecule has 0 nitrogen and oxygen atoms in total. The lowest BCUT2D eigenvalue weighted by Gasteiger charge is -2.05. The van der Waals surface area contributed by atoms with Gasteiger partial charge in [0.25, 0.3) is 0 Å². The van der Waals surface area contributed by atoms with Crippen LogP contribution in [0.3, 0.4) is 0 Å². The topological polar surface area (TPSA) is 0 Å². The van der Waals surface area contributed by atoms with E-state index in [0.29, 0.717) is 0 Å². The predicted octanol–water partition coefficient (Wildman–Crippen LogP) is 5.77. The molecule has 0 amide bonds. The summed E-state index contributed by atoms with van der Waals surface area (Å²) in [4.78, 5) is 0. The number of fused-ring (bicyclic) bond motifs is 1. The molecular weight excluding hydrogens is 296 g/mol. The lowest BCUT2D eigenvalue weighted by Crippen LogP contribution is -1.80. The first-order chi connectivity index (χ1) is 9.34. The Bertz CT molecular complexity index is 727. The summed E-state index contributed by atoms with van der Waals surface area (Å²) in [5, 5.41) is 2.53. The Kier molecular flexibility index (Phi) is 3.47. The lowest BCUT2D eigenvalue weighted by molar-refractivity contribution is 1.64. The van der Waals surface area contributed by atoms with Crippen LogP contribution in [0.2, 0.25) is 0 Å². The van der Waals surface area contributed by atoms with Gasteiger partial charge in [0.05, 0.1) is 0 Å². The molecular formula is C18H13Br. The van der Waals surface area contributed by atoms with Crippen molar-refractivity contribution in [1.29, 1.82) is 0 Å². The number of hydrogen-bond acceptors (Lipinski definition) is 0. The summed E-state index contributed by atoms with van der Waals surface area (Å²) in [5.41, 5.74) is 2.43. The van der Waals surface area contributed by atoms with Crippen molar-refractivity contribution in [2.75, 3.05) is 0 Å². The summed E-state index contributed by atoms with van der Waals surface area (Å²) in [6, 6.07) is 23.0. The van der Waals surface area contributed by atoms with E-state index in [4.69, 9.17) is 0 Å². The molecule has 3 rings (SSSR count). The third-order valence-electron chi connectivity index (χ3n) is 3.16. The van der Waals surface area contributed by atoms with Gasteiger partial charge in [0, 0.05) is 4.47 Å². The first-order valence-electron chi connectivity index (χ1n) is 6.25. The van der Waals surface area contributed by atoms with E-state index in [1.54, 1.807) is 0 Å². The molecule has 0 aliphatic carbocycles. The molecule has 0 saturated carbocycles. The average Bonchev–Trinajstić information content (AvgIpc) is 2.47. The number of benzene rings is 3. The molecule has 92 valence electrons.